The minimum Gasteiger partial charge on any atom is -0.383 e. The molecule has 0 saturated carbocycles. The molecule has 0 bridgehead atoms. The molecule has 0 aliphatic carbocycles. The summed E-state index contributed by atoms with van der Waals surface area (Å²) < 4.78 is 2.78. The fourth-order valence-electron chi connectivity index (χ4n) is 1.07. The molecule has 14 heavy (non-hydrogen) atoms. The topological polar surface area (TPSA) is 50.4 Å². The van der Waals surface area contributed by atoms with E-state index in [2.05, 4.69) is 32.7 Å². The Morgan fingerprint density at radius 3 is 2.64 bits per heavy atom. The van der Waals surface area contributed by atoms with Crippen LogP contribution in [0.25, 0.3) is 4.96 Å². The molecule has 1 N–H and O–H groups in total. The largest absolute Gasteiger partial charge is 0.383 e. The van der Waals surface area contributed by atoms with Crippen molar-refractivity contribution < 1.29 is 5.11 Å². The van der Waals surface area contributed by atoms with Gasteiger partial charge in [-0.05, 0) is 43.4 Å². The second-order valence-corrected chi connectivity index (χ2v) is 5.63. The van der Waals surface area contributed by atoms with E-state index >= 15 is 0 Å². The van der Waals surface area contributed by atoms with Crippen molar-refractivity contribution >= 4 is 38.9 Å². The predicted octanol–water partition coefficient (Wildman–Crippen LogP) is 1.93. The lowest BCUT2D eigenvalue weighted by Gasteiger charge is -2.11. The standard InChI is InChI=1S/C8H10IN3OS/c1-4-5(9)12-7(10-4)14-6(11-12)8(2,3)13/h13H,1-3H3. The summed E-state index contributed by atoms with van der Waals surface area (Å²) in [5.74, 6) is 0. The first-order valence-corrected chi connectivity index (χ1v) is 6.03. The lowest BCUT2D eigenvalue weighted by atomic mass is 10.2. The zero-order valence-corrected chi connectivity index (χ0v) is 11.0. The molecule has 0 aliphatic rings. The number of fused-ring (bicyclic) bond motifs is 1. The van der Waals surface area contributed by atoms with Crippen molar-refractivity contribution in [1.82, 2.24) is 14.6 Å². The van der Waals surface area contributed by atoms with Gasteiger partial charge in [0.1, 0.15) is 14.3 Å². The summed E-state index contributed by atoms with van der Waals surface area (Å²) in [5.41, 5.74) is 0.0918. The summed E-state index contributed by atoms with van der Waals surface area (Å²) >= 11 is 3.63. The number of aliphatic hydroxyl groups is 1. The highest BCUT2D eigenvalue weighted by Gasteiger charge is 2.23. The molecule has 0 aliphatic heterocycles. The molecule has 2 heterocycles. The minimum atomic E-state index is -0.887. The number of aryl methyl sites for hydroxylation is 1. The molecule has 0 aromatic carbocycles. The first-order chi connectivity index (χ1) is 6.39. The third-order valence-corrected chi connectivity index (χ3v) is 4.29. The Balaban J connectivity index is 2.65. The van der Waals surface area contributed by atoms with Crippen molar-refractivity contribution in [3.63, 3.8) is 0 Å². The number of aromatic nitrogens is 3. The van der Waals surface area contributed by atoms with Crippen LogP contribution >= 0.6 is 33.9 Å². The van der Waals surface area contributed by atoms with Gasteiger partial charge in [0.15, 0.2) is 0 Å². The maximum absolute atomic E-state index is 9.77. The van der Waals surface area contributed by atoms with Crippen LogP contribution in [0.1, 0.15) is 24.5 Å². The van der Waals surface area contributed by atoms with Gasteiger partial charge in [-0.1, -0.05) is 11.3 Å². The molecular formula is C8H10IN3OS. The Bertz CT molecular complexity index is 482. The second kappa shape index (κ2) is 3.14. The molecule has 2 rings (SSSR count). The molecule has 0 fully saturated rings. The fourth-order valence-corrected chi connectivity index (χ4v) is 2.64. The van der Waals surface area contributed by atoms with Crippen LogP contribution in [0.2, 0.25) is 0 Å². The Morgan fingerprint density at radius 1 is 1.50 bits per heavy atom. The zero-order valence-electron chi connectivity index (χ0n) is 8.08. The number of hydrogen-bond donors (Lipinski definition) is 1. The lowest BCUT2D eigenvalue weighted by Crippen LogP contribution is -2.15. The Kier molecular flexibility index (Phi) is 2.31. The van der Waals surface area contributed by atoms with Crippen molar-refractivity contribution in [2.24, 2.45) is 0 Å². The van der Waals surface area contributed by atoms with E-state index in [0.717, 1.165) is 14.4 Å². The van der Waals surface area contributed by atoms with E-state index in [1.165, 1.54) is 11.3 Å². The van der Waals surface area contributed by atoms with Gasteiger partial charge in [0, 0.05) is 0 Å². The molecule has 0 atom stereocenters. The van der Waals surface area contributed by atoms with Gasteiger partial charge in [-0.3, -0.25) is 0 Å². The van der Waals surface area contributed by atoms with Gasteiger partial charge in [-0.15, -0.1) is 0 Å². The smallest absolute Gasteiger partial charge is 0.213 e. The van der Waals surface area contributed by atoms with Crippen LogP contribution in [0.15, 0.2) is 0 Å². The van der Waals surface area contributed by atoms with E-state index in [-0.39, 0.29) is 0 Å². The summed E-state index contributed by atoms with van der Waals surface area (Å²) in [4.78, 5) is 5.18. The van der Waals surface area contributed by atoms with Crippen LogP contribution in [0.5, 0.6) is 0 Å². The van der Waals surface area contributed by atoms with E-state index in [1.54, 1.807) is 18.4 Å². The summed E-state index contributed by atoms with van der Waals surface area (Å²) in [7, 11) is 0. The number of halogens is 1. The normalized spacial score (nSPS) is 12.6. The third-order valence-electron chi connectivity index (χ3n) is 1.83. The molecule has 76 valence electrons. The highest BCUT2D eigenvalue weighted by atomic mass is 127. The van der Waals surface area contributed by atoms with Gasteiger partial charge in [0.25, 0.3) is 0 Å². The van der Waals surface area contributed by atoms with Crippen LogP contribution in [0.4, 0.5) is 0 Å². The van der Waals surface area contributed by atoms with Crippen LogP contribution < -0.4 is 0 Å². The molecule has 0 radical (unpaired) electrons. The van der Waals surface area contributed by atoms with Crippen LogP contribution in [-0.4, -0.2) is 19.7 Å². The van der Waals surface area contributed by atoms with Crippen molar-refractivity contribution in [2.45, 2.75) is 26.4 Å². The van der Waals surface area contributed by atoms with Crippen molar-refractivity contribution in [1.29, 1.82) is 0 Å². The van der Waals surface area contributed by atoms with Gasteiger partial charge in [0.05, 0.1) is 5.69 Å². The van der Waals surface area contributed by atoms with Crippen molar-refractivity contribution in [2.75, 3.05) is 0 Å². The van der Waals surface area contributed by atoms with E-state index < -0.39 is 5.60 Å². The van der Waals surface area contributed by atoms with Crippen molar-refractivity contribution in [3.05, 3.63) is 14.4 Å². The van der Waals surface area contributed by atoms with Gasteiger partial charge in [0.2, 0.25) is 4.96 Å². The molecule has 2 aromatic heterocycles. The van der Waals surface area contributed by atoms with E-state index in [0.29, 0.717) is 5.01 Å². The Labute approximate surface area is 99.1 Å². The average molecular weight is 323 g/mol. The maximum atomic E-state index is 9.77. The Morgan fingerprint density at radius 2 is 2.14 bits per heavy atom. The zero-order chi connectivity index (χ0) is 10.5. The molecule has 6 heteroatoms. The molecular weight excluding hydrogens is 313 g/mol. The minimum absolute atomic E-state index is 0.693. The van der Waals surface area contributed by atoms with E-state index in [9.17, 15) is 5.11 Å². The van der Waals surface area contributed by atoms with Gasteiger partial charge in [-0.2, -0.15) is 9.61 Å². The summed E-state index contributed by atoms with van der Waals surface area (Å²) in [6.45, 7) is 5.41. The van der Waals surface area contributed by atoms with Gasteiger partial charge in [-0.25, -0.2) is 4.98 Å². The third kappa shape index (κ3) is 1.55. The molecule has 2 aromatic rings. The molecule has 0 spiro atoms. The van der Waals surface area contributed by atoms with Gasteiger partial charge >= 0.3 is 0 Å². The highest BCUT2D eigenvalue weighted by Crippen LogP contribution is 2.27. The fraction of sp³-hybridized carbons (Fsp3) is 0.500. The highest BCUT2D eigenvalue weighted by molar-refractivity contribution is 14.1. The molecule has 0 amide bonds. The number of rotatable bonds is 1. The van der Waals surface area contributed by atoms with Gasteiger partial charge < -0.3 is 5.11 Å². The predicted molar refractivity (Wildman–Crippen MR) is 63.6 cm³/mol. The monoisotopic (exact) mass is 323 g/mol. The number of imidazole rings is 1. The quantitative estimate of drug-likeness (QED) is 0.816. The maximum Gasteiger partial charge on any atom is 0.213 e. The molecule has 0 saturated heterocycles. The SMILES string of the molecule is Cc1nc2sc(C(C)(C)O)nn2c1I. The van der Waals surface area contributed by atoms with Crippen molar-refractivity contribution in [3.8, 4) is 0 Å². The summed E-state index contributed by atoms with van der Waals surface area (Å²) in [6.07, 6.45) is 0. The second-order valence-electron chi connectivity index (χ2n) is 3.65. The summed E-state index contributed by atoms with van der Waals surface area (Å²) in [5, 5.41) is 14.8. The Hall–Kier alpha value is -0.210. The van der Waals surface area contributed by atoms with Crippen LogP contribution in [0, 0.1) is 10.6 Å². The first kappa shape index (κ1) is 10.3. The average Bonchev–Trinajstić information content (AvgIpc) is 2.54. The number of hydrogen-bond acceptors (Lipinski definition) is 4. The van der Waals surface area contributed by atoms with E-state index in [4.69, 9.17) is 0 Å². The lowest BCUT2D eigenvalue weighted by molar-refractivity contribution is 0.0772. The number of nitrogens with zero attached hydrogens (tertiary/aromatic N) is 3. The molecule has 0 unspecified atom stereocenters. The van der Waals surface area contributed by atoms with Crippen LogP contribution in [-0.2, 0) is 5.60 Å². The summed E-state index contributed by atoms with van der Waals surface area (Å²) in [6, 6.07) is 0. The first-order valence-electron chi connectivity index (χ1n) is 4.14. The van der Waals surface area contributed by atoms with E-state index in [1.807, 2.05) is 6.92 Å². The molecule has 4 nitrogen and oxygen atoms in total. The van der Waals surface area contributed by atoms with Crippen LogP contribution in [0.3, 0.4) is 0 Å².